The molecule has 0 saturated carbocycles. The molecule has 0 bridgehead atoms. The van der Waals surface area contributed by atoms with Gasteiger partial charge in [0.05, 0.1) is 0 Å². The van der Waals surface area contributed by atoms with E-state index in [1.165, 1.54) is 11.1 Å². The van der Waals surface area contributed by atoms with Crippen LogP contribution in [0, 0.1) is 12.2 Å². The summed E-state index contributed by atoms with van der Waals surface area (Å²) in [6.45, 7) is 8.72. The van der Waals surface area contributed by atoms with E-state index in [4.69, 9.17) is 0 Å². The molecule has 20 heavy (non-hydrogen) atoms. The number of allylic oxidation sites excluding steroid dienone is 8. The fraction of sp³-hybridized carbons (Fsp3) is 0.500. The summed E-state index contributed by atoms with van der Waals surface area (Å²) >= 11 is 0. The minimum Gasteiger partial charge on any atom is -0.270 e. The fourth-order valence-electron chi connectivity index (χ4n) is 1.39. The van der Waals surface area contributed by atoms with Crippen molar-refractivity contribution in [1.82, 2.24) is 0 Å². The molecule has 0 N–H and O–H groups in total. The average molecular weight is 410 g/mol. The molecular weight excluding hydrogens is 382 g/mol. The topological polar surface area (TPSA) is 0 Å². The summed E-state index contributed by atoms with van der Waals surface area (Å²) in [4.78, 5) is 0. The molecule has 0 aromatic carbocycles. The van der Waals surface area contributed by atoms with Gasteiger partial charge >= 0.3 is 26.2 Å². The minimum absolute atomic E-state index is 0. The van der Waals surface area contributed by atoms with Gasteiger partial charge in [0, 0.05) is 9.52 Å². The van der Waals surface area contributed by atoms with Crippen molar-refractivity contribution in [3.63, 3.8) is 0 Å². The van der Waals surface area contributed by atoms with Gasteiger partial charge in [-0.2, -0.15) is 12.2 Å². The first-order chi connectivity index (χ1) is 8.28. The molecule has 0 fully saturated rings. The Bertz CT molecular complexity index is 278. The van der Waals surface area contributed by atoms with E-state index in [1.807, 2.05) is 0 Å². The molecule has 2 aliphatic carbocycles. The molecule has 0 aliphatic heterocycles. The summed E-state index contributed by atoms with van der Waals surface area (Å²) in [6, 6.07) is 0. The molecule has 0 atom stereocenters. The Morgan fingerprint density at radius 3 is 1.30 bits per heavy atom. The van der Waals surface area contributed by atoms with Gasteiger partial charge in [0.25, 0.3) is 0 Å². The van der Waals surface area contributed by atoms with Gasteiger partial charge in [-0.05, 0) is 0 Å². The maximum atomic E-state index is 3.21. The van der Waals surface area contributed by atoms with Crippen LogP contribution in [0.15, 0.2) is 35.5 Å². The van der Waals surface area contributed by atoms with Crippen molar-refractivity contribution in [2.75, 3.05) is 0 Å². The second-order valence-electron chi connectivity index (χ2n) is 3.90. The van der Waals surface area contributed by atoms with Gasteiger partial charge in [-0.3, -0.25) is 12.2 Å². The average Bonchev–Trinajstić information content (AvgIpc) is 3.04. The predicted octanol–water partition coefficient (Wildman–Crippen LogP) is 5.53. The van der Waals surface area contributed by atoms with Gasteiger partial charge in [0.15, 0.2) is 0 Å². The van der Waals surface area contributed by atoms with Crippen molar-refractivity contribution < 1.29 is 26.2 Å². The standard InChI is InChI=1S/2C7H9.C2H7Si.2ClH.Zr/c2*1-2-7-5-3-4-6-7;1-3-2;;;/h2*3,5H,2,4H2,1H3;3H,1-2H3;2*1H;/q2*-1;;;;+2. The van der Waals surface area contributed by atoms with Crippen LogP contribution in [0.4, 0.5) is 0 Å². The molecule has 1 radical (unpaired) electrons. The van der Waals surface area contributed by atoms with Gasteiger partial charge in [-0.25, -0.2) is 23.3 Å². The van der Waals surface area contributed by atoms with Gasteiger partial charge in [0.2, 0.25) is 0 Å². The van der Waals surface area contributed by atoms with E-state index in [2.05, 4.69) is 63.4 Å². The first-order valence-electron chi connectivity index (χ1n) is 6.54. The zero-order chi connectivity index (χ0) is 12.9. The smallest absolute Gasteiger partial charge is 0.270 e. The molecule has 4 heteroatoms. The molecule has 0 spiro atoms. The predicted molar refractivity (Wildman–Crippen MR) is 95.0 cm³/mol. The fourth-order valence-corrected chi connectivity index (χ4v) is 1.39. The van der Waals surface area contributed by atoms with Crippen LogP contribution in [0.2, 0.25) is 13.1 Å². The number of hydrogen-bond acceptors (Lipinski definition) is 0. The first-order valence-corrected chi connectivity index (χ1v) is 8.85. The third-order valence-corrected chi connectivity index (χ3v) is 2.29. The normalized spacial score (nSPS) is 13.2. The van der Waals surface area contributed by atoms with Crippen LogP contribution in [0.5, 0.6) is 0 Å². The maximum absolute atomic E-state index is 3.21. The quantitative estimate of drug-likeness (QED) is 0.415. The molecule has 0 heterocycles. The van der Waals surface area contributed by atoms with E-state index in [0.717, 1.165) is 35.2 Å². The molecule has 0 amide bonds. The van der Waals surface area contributed by atoms with Crippen molar-refractivity contribution in [3.05, 3.63) is 47.6 Å². The molecule has 0 unspecified atom stereocenters. The Morgan fingerprint density at radius 1 is 0.900 bits per heavy atom. The second kappa shape index (κ2) is 21.9. The van der Waals surface area contributed by atoms with Crippen molar-refractivity contribution >= 4 is 34.3 Å². The molecular formula is C16H27Cl2SiZr. The van der Waals surface area contributed by atoms with E-state index >= 15 is 0 Å². The van der Waals surface area contributed by atoms with Crippen LogP contribution in [-0.4, -0.2) is 9.52 Å². The van der Waals surface area contributed by atoms with Crippen LogP contribution in [0.25, 0.3) is 0 Å². The Hall–Kier alpha value is 0.640. The van der Waals surface area contributed by atoms with Crippen LogP contribution in [0.3, 0.4) is 0 Å². The maximum Gasteiger partial charge on any atom is 2.00 e. The number of rotatable bonds is 2. The van der Waals surface area contributed by atoms with Crippen molar-refractivity contribution in [1.29, 1.82) is 0 Å². The molecule has 0 saturated heterocycles. The summed E-state index contributed by atoms with van der Waals surface area (Å²) in [6.07, 6.45) is 19.3. The van der Waals surface area contributed by atoms with Crippen molar-refractivity contribution in [2.24, 2.45) is 0 Å². The largest absolute Gasteiger partial charge is 2.00 e. The van der Waals surface area contributed by atoms with E-state index in [9.17, 15) is 0 Å². The number of hydrogen-bond donors (Lipinski definition) is 0. The molecule has 113 valence electrons. The second-order valence-corrected chi connectivity index (χ2v) is 5.06. The van der Waals surface area contributed by atoms with Crippen molar-refractivity contribution in [2.45, 2.75) is 52.6 Å². The summed E-state index contributed by atoms with van der Waals surface area (Å²) in [7, 11) is 0.750. The Labute approximate surface area is 160 Å². The summed E-state index contributed by atoms with van der Waals surface area (Å²) in [5.74, 6) is 0. The summed E-state index contributed by atoms with van der Waals surface area (Å²) in [5, 5.41) is 0. The van der Waals surface area contributed by atoms with E-state index in [-0.39, 0.29) is 51.0 Å². The molecule has 2 aliphatic rings. The Kier molecular flexibility index (Phi) is 31.5. The van der Waals surface area contributed by atoms with E-state index < -0.39 is 0 Å². The zero-order valence-corrected chi connectivity index (χ0v) is 18.3. The van der Waals surface area contributed by atoms with E-state index in [0.29, 0.717) is 0 Å². The molecule has 0 aromatic heterocycles. The van der Waals surface area contributed by atoms with E-state index in [1.54, 1.807) is 0 Å². The molecule has 0 aromatic rings. The third-order valence-electron chi connectivity index (χ3n) is 2.29. The third kappa shape index (κ3) is 16.7. The van der Waals surface area contributed by atoms with Crippen LogP contribution in [-0.2, 0) is 26.2 Å². The minimum atomic E-state index is 0. The zero-order valence-electron chi connectivity index (χ0n) is 13.0. The first kappa shape index (κ1) is 28.8. The van der Waals surface area contributed by atoms with Gasteiger partial charge in [-0.1, -0.05) is 39.8 Å². The molecule has 2 rings (SSSR count). The van der Waals surface area contributed by atoms with Gasteiger partial charge in [-0.15, -0.1) is 37.7 Å². The summed E-state index contributed by atoms with van der Waals surface area (Å²) in [5.41, 5.74) is 2.72. The molecule has 0 nitrogen and oxygen atoms in total. The van der Waals surface area contributed by atoms with Crippen LogP contribution >= 0.6 is 24.8 Å². The summed E-state index contributed by atoms with van der Waals surface area (Å²) < 4.78 is 0. The Morgan fingerprint density at radius 2 is 1.20 bits per heavy atom. The van der Waals surface area contributed by atoms with Gasteiger partial charge in [0.1, 0.15) is 0 Å². The van der Waals surface area contributed by atoms with Crippen LogP contribution < -0.4 is 0 Å². The van der Waals surface area contributed by atoms with Gasteiger partial charge < -0.3 is 0 Å². The Balaban J connectivity index is -0.0000000956. The number of halogens is 2. The van der Waals surface area contributed by atoms with Crippen molar-refractivity contribution in [3.8, 4) is 0 Å². The van der Waals surface area contributed by atoms with Crippen LogP contribution in [0.1, 0.15) is 39.5 Å². The monoisotopic (exact) mass is 407 g/mol. The SMILES string of the molecule is CCC1=[C-]CC=C1.CCC1=[C-]CC=C1.C[SiH]C.Cl.Cl.[Zr+2].